The summed E-state index contributed by atoms with van der Waals surface area (Å²) in [5.74, 6) is 0.696. The Morgan fingerprint density at radius 3 is 3.06 bits per heavy atom. The van der Waals surface area contributed by atoms with Crippen molar-refractivity contribution in [2.75, 3.05) is 0 Å². The highest BCUT2D eigenvalue weighted by Crippen LogP contribution is 2.28. The summed E-state index contributed by atoms with van der Waals surface area (Å²) < 4.78 is 1.02. The molecular formula is C11H9BrN2OS. The normalized spacial score (nSPS) is 14.1. The molecule has 3 nitrogen and oxygen atoms in total. The van der Waals surface area contributed by atoms with E-state index in [2.05, 4.69) is 25.9 Å². The summed E-state index contributed by atoms with van der Waals surface area (Å²) in [6.45, 7) is 0. The van der Waals surface area contributed by atoms with Crippen molar-refractivity contribution in [2.24, 2.45) is 0 Å². The van der Waals surface area contributed by atoms with Gasteiger partial charge in [-0.15, -0.1) is 11.3 Å². The first kappa shape index (κ1) is 10.2. The van der Waals surface area contributed by atoms with Crippen LogP contribution >= 0.6 is 27.3 Å². The Kier molecular flexibility index (Phi) is 2.44. The van der Waals surface area contributed by atoms with Crippen molar-refractivity contribution < 1.29 is 0 Å². The number of aryl methyl sites for hydroxylation is 1. The van der Waals surface area contributed by atoms with Crippen molar-refractivity contribution in [1.82, 2.24) is 9.97 Å². The van der Waals surface area contributed by atoms with Crippen LogP contribution in [0.25, 0.3) is 10.7 Å². The van der Waals surface area contributed by atoms with Crippen LogP contribution in [-0.4, -0.2) is 9.97 Å². The summed E-state index contributed by atoms with van der Waals surface area (Å²) in [7, 11) is 0. The zero-order valence-electron chi connectivity index (χ0n) is 8.42. The molecule has 2 aromatic rings. The average Bonchev–Trinajstić information content (AvgIpc) is 2.85. The highest BCUT2D eigenvalue weighted by molar-refractivity contribution is 9.10. The van der Waals surface area contributed by atoms with E-state index in [1.165, 1.54) is 0 Å². The summed E-state index contributed by atoms with van der Waals surface area (Å²) in [4.78, 5) is 20.2. The summed E-state index contributed by atoms with van der Waals surface area (Å²) in [5, 5.41) is 1.99. The van der Waals surface area contributed by atoms with Crippen LogP contribution in [0.5, 0.6) is 0 Å². The molecule has 0 aromatic carbocycles. The van der Waals surface area contributed by atoms with Crippen LogP contribution in [0.4, 0.5) is 0 Å². The monoisotopic (exact) mass is 296 g/mol. The van der Waals surface area contributed by atoms with E-state index in [9.17, 15) is 4.79 Å². The van der Waals surface area contributed by atoms with E-state index < -0.39 is 0 Å². The van der Waals surface area contributed by atoms with E-state index in [1.54, 1.807) is 11.3 Å². The largest absolute Gasteiger partial charge is 0.306 e. The fraction of sp³-hybridized carbons (Fsp3) is 0.273. The molecule has 16 heavy (non-hydrogen) atoms. The molecule has 3 rings (SSSR count). The number of H-pyrrole nitrogens is 1. The summed E-state index contributed by atoms with van der Waals surface area (Å²) in [5.41, 5.74) is 1.88. The lowest BCUT2D eigenvalue weighted by atomic mass is 10.2. The van der Waals surface area contributed by atoms with Crippen molar-refractivity contribution in [1.29, 1.82) is 0 Å². The van der Waals surface area contributed by atoms with Crippen LogP contribution in [0.2, 0.25) is 0 Å². The minimum Gasteiger partial charge on any atom is -0.306 e. The maximum absolute atomic E-state index is 11.8. The SMILES string of the molecule is O=c1[nH]c(-c2cc(Br)cs2)nc2c1CCC2. The Bertz CT molecular complexity index is 602. The number of thiophene rings is 1. The van der Waals surface area contributed by atoms with Crippen LogP contribution < -0.4 is 5.56 Å². The molecular weight excluding hydrogens is 288 g/mol. The Morgan fingerprint density at radius 2 is 2.31 bits per heavy atom. The van der Waals surface area contributed by atoms with Gasteiger partial charge in [-0.2, -0.15) is 0 Å². The Labute approximate surface area is 105 Å². The van der Waals surface area contributed by atoms with E-state index in [0.29, 0.717) is 5.82 Å². The molecule has 82 valence electrons. The van der Waals surface area contributed by atoms with Gasteiger partial charge in [0.2, 0.25) is 0 Å². The number of nitrogens with one attached hydrogen (secondary N) is 1. The number of aromatic nitrogens is 2. The Morgan fingerprint density at radius 1 is 1.44 bits per heavy atom. The van der Waals surface area contributed by atoms with Gasteiger partial charge in [-0.1, -0.05) is 0 Å². The van der Waals surface area contributed by atoms with E-state index in [1.807, 2.05) is 11.4 Å². The number of rotatable bonds is 1. The third-order valence-electron chi connectivity index (χ3n) is 2.74. The van der Waals surface area contributed by atoms with Gasteiger partial charge in [-0.05, 0) is 41.3 Å². The highest BCUT2D eigenvalue weighted by Gasteiger charge is 2.17. The third kappa shape index (κ3) is 1.64. The highest BCUT2D eigenvalue weighted by atomic mass is 79.9. The fourth-order valence-electron chi connectivity index (χ4n) is 2.00. The fourth-order valence-corrected chi connectivity index (χ4v) is 3.37. The second kappa shape index (κ2) is 3.82. The van der Waals surface area contributed by atoms with Gasteiger partial charge in [0.1, 0.15) is 0 Å². The molecule has 1 N–H and O–H groups in total. The minimum absolute atomic E-state index is 0.0297. The Balaban J connectivity index is 2.16. The quantitative estimate of drug-likeness (QED) is 0.879. The van der Waals surface area contributed by atoms with E-state index in [-0.39, 0.29) is 5.56 Å². The van der Waals surface area contributed by atoms with Gasteiger partial charge in [0.25, 0.3) is 5.56 Å². The van der Waals surface area contributed by atoms with Gasteiger partial charge >= 0.3 is 0 Å². The van der Waals surface area contributed by atoms with Crippen LogP contribution in [-0.2, 0) is 12.8 Å². The first-order chi connectivity index (χ1) is 7.74. The van der Waals surface area contributed by atoms with Gasteiger partial charge in [0.05, 0.1) is 10.6 Å². The molecule has 5 heteroatoms. The topological polar surface area (TPSA) is 45.8 Å². The van der Waals surface area contributed by atoms with Crippen molar-refractivity contribution in [2.45, 2.75) is 19.3 Å². The van der Waals surface area contributed by atoms with Crippen molar-refractivity contribution in [3.05, 3.63) is 37.5 Å². The molecule has 0 bridgehead atoms. The van der Waals surface area contributed by atoms with E-state index in [0.717, 1.165) is 39.9 Å². The van der Waals surface area contributed by atoms with Crippen molar-refractivity contribution in [3.63, 3.8) is 0 Å². The number of aromatic amines is 1. The molecule has 1 aliphatic carbocycles. The zero-order valence-corrected chi connectivity index (χ0v) is 10.8. The molecule has 1 aliphatic rings. The Hall–Kier alpha value is -0.940. The van der Waals surface area contributed by atoms with Crippen LogP contribution in [0.1, 0.15) is 17.7 Å². The molecule has 0 fully saturated rings. The van der Waals surface area contributed by atoms with Gasteiger partial charge in [0, 0.05) is 15.4 Å². The molecule has 0 amide bonds. The molecule has 0 spiro atoms. The van der Waals surface area contributed by atoms with Crippen LogP contribution in [0.3, 0.4) is 0 Å². The van der Waals surface area contributed by atoms with Crippen molar-refractivity contribution >= 4 is 27.3 Å². The van der Waals surface area contributed by atoms with E-state index in [4.69, 9.17) is 0 Å². The number of halogens is 1. The standard InChI is InChI=1S/C11H9BrN2OS/c12-6-4-9(16-5-6)10-13-8-3-1-2-7(8)11(15)14-10/h4-5H,1-3H2,(H,13,14,15). The predicted octanol–water partition coefficient (Wildman–Crippen LogP) is 2.75. The summed E-state index contributed by atoms with van der Waals surface area (Å²) in [6.07, 6.45) is 2.84. The number of hydrogen-bond acceptors (Lipinski definition) is 3. The van der Waals surface area contributed by atoms with Crippen LogP contribution in [0, 0.1) is 0 Å². The number of hydrogen-bond donors (Lipinski definition) is 1. The minimum atomic E-state index is 0.0297. The predicted molar refractivity (Wildman–Crippen MR) is 67.9 cm³/mol. The smallest absolute Gasteiger partial charge is 0.254 e. The molecule has 0 atom stereocenters. The third-order valence-corrected chi connectivity index (χ3v) is 4.44. The van der Waals surface area contributed by atoms with Gasteiger partial charge < -0.3 is 4.98 Å². The zero-order chi connectivity index (χ0) is 11.1. The lowest BCUT2D eigenvalue weighted by molar-refractivity contribution is 0.899. The van der Waals surface area contributed by atoms with Gasteiger partial charge in [-0.25, -0.2) is 4.98 Å². The second-order valence-electron chi connectivity index (χ2n) is 3.82. The number of fused-ring (bicyclic) bond motifs is 1. The summed E-state index contributed by atoms with van der Waals surface area (Å²) in [6, 6.07) is 1.98. The van der Waals surface area contributed by atoms with Gasteiger partial charge in [0.15, 0.2) is 5.82 Å². The molecule has 2 heterocycles. The molecule has 0 saturated carbocycles. The van der Waals surface area contributed by atoms with Gasteiger partial charge in [-0.3, -0.25) is 4.79 Å². The van der Waals surface area contributed by atoms with Crippen molar-refractivity contribution in [3.8, 4) is 10.7 Å². The molecule has 0 aliphatic heterocycles. The number of nitrogens with zero attached hydrogens (tertiary/aromatic N) is 1. The molecule has 2 aromatic heterocycles. The first-order valence-electron chi connectivity index (χ1n) is 5.10. The lowest BCUT2D eigenvalue weighted by Gasteiger charge is -2.00. The maximum Gasteiger partial charge on any atom is 0.254 e. The molecule has 0 radical (unpaired) electrons. The van der Waals surface area contributed by atoms with E-state index >= 15 is 0 Å². The lowest BCUT2D eigenvalue weighted by Crippen LogP contribution is -2.14. The maximum atomic E-state index is 11.8. The summed E-state index contributed by atoms with van der Waals surface area (Å²) >= 11 is 4.98. The molecule has 0 saturated heterocycles. The first-order valence-corrected chi connectivity index (χ1v) is 6.78. The van der Waals surface area contributed by atoms with Crippen LogP contribution in [0.15, 0.2) is 20.7 Å². The average molecular weight is 297 g/mol. The second-order valence-corrected chi connectivity index (χ2v) is 5.65. The molecule has 0 unspecified atom stereocenters.